The predicted octanol–water partition coefficient (Wildman–Crippen LogP) is 0.451. The summed E-state index contributed by atoms with van der Waals surface area (Å²) in [7, 11) is 0. The smallest absolute Gasteiger partial charge is 0.231 e. The molecule has 108 valence electrons. The van der Waals surface area contributed by atoms with Crippen molar-refractivity contribution < 1.29 is 4.79 Å². The standard InChI is InChI=1S/C12H17ClN6O/c13-10-15-11(18-5-1-2-6-18)17-12(16-10)19-7-3-9(20)14-4-8-19/h1-8H2,(H,14,20). The normalized spacial score (nSPS) is 19.9. The van der Waals surface area contributed by atoms with Gasteiger partial charge in [0.1, 0.15) is 0 Å². The fraction of sp³-hybridized carbons (Fsp3) is 0.667. The molecule has 2 aliphatic rings. The summed E-state index contributed by atoms with van der Waals surface area (Å²) in [4.78, 5) is 28.4. The number of carbonyl (C=O) groups is 1. The second-order valence-corrected chi connectivity index (χ2v) is 5.32. The van der Waals surface area contributed by atoms with Crippen molar-refractivity contribution in [3.05, 3.63) is 5.28 Å². The minimum atomic E-state index is 0.0624. The SMILES string of the molecule is O=C1CCN(c2nc(Cl)nc(N3CCCC3)n2)CCN1. The van der Waals surface area contributed by atoms with E-state index in [9.17, 15) is 4.79 Å². The molecule has 0 atom stereocenters. The summed E-state index contributed by atoms with van der Waals surface area (Å²) in [5, 5.41) is 3.04. The lowest BCUT2D eigenvalue weighted by molar-refractivity contribution is -0.120. The third-order valence-electron chi connectivity index (χ3n) is 3.57. The number of anilines is 2. The molecule has 0 spiro atoms. The number of carbonyl (C=O) groups excluding carboxylic acids is 1. The highest BCUT2D eigenvalue weighted by molar-refractivity contribution is 6.28. The van der Waals surface area contributed by atoms with Gasteiger partial charge in [-0.2, -0.15) is 15.0 Å². The molecule has 7 nitrogen and oxygen atoms in total. The summed E-state index contributed by atoms with van der Waals surface area (Å²) in [6.07, 6.45) is 2.75. The van der Waals surface area contributed by atoms with Gasteiger partial charge in [0.15, 0.2) is 0 Å². The molecular formula is C12H17ClN6O. The second kappa shape index (κ2) is 5.78. The molecule has 1 N–H and O–H groups in total. The molecule has 0 aromatic carbocycles. The van der Waals surface area contributed by atoms with Crippen LogP contribution in [-0.4, -0.2) is 53.6 Å². The fourth-order valence-electron chi connectivity index (χ4n) is 2.50. The molecule has 2 fully saturated rings. The first-order valence-corrected chi connectivity index (χ1v) is 7.28. The van der Waals surface area contributed by atoms with Crippen molar-refractivity contribution in [3.8, 4) is 0 Å². The Hall–Kier alpha value is -1.63. The van der Waals surface area contributed by atoms with Crippen LogP contribution in [0.15, 0.2) is 0 Å². The van der Waals surface area contributed by atoms with Crippen molar-refractivity contribution in [1.29, 1.82) is 0 Å². The van der Waals surface area contributed by atoms with Gasteiger partial charge in [0.05, 0.1) is 0 Å². The van der Waals surface area contributed by atoms with E-state index in [1.54, 1.807) is 0 Å². The maximum absolute atomic E-state index is 11.4. The van der Waals surface area contributed by atoms with Crippen LogP contribution in [0.1, 0.15) is 19.3 Å². The number of hydrogen-bond donors (Lipinski definition) is 1. The minimum Gasteiger partial charge on any atom is -0.354 e. The zero-order valence-electron chi connectivity index (χ0n) is 11.2. The topological polar surface area (TPSA) is 74.2 Å². The second-order valence-electron chi connectivity index (χ2n) is 4.99. The Labute approximate surface area is 122 Å². The number of nitrogens with zero attached hydrogens (tertiary/aromatic N) is 5. The zero-order chi connectivity index (χ0) is 13.9. The van der Waals surface area contributed by atoms with Gasteiger partial charge in [-0.05, 0) is 24.4 Å². The van der Waals surface area contributed by atoms with Crippen LogP contribution < -0.4 is 15.1 Å². The average molecular weight is 297 g/mol. The van der Waals surface area contributed by atoms with E-state index >= 15 is 0 Å². The Bertz CT molecular complexity index is 505. The lowest BCUT2D eigenvalue weighted by Crippen LogP contribution is -2.31. The van der Waals surface area contributed by atoms with Crippen molar-refractivity contribution in [3.63, 3.8) is 0 Å². The number of aromatic nitrogens is 3. The van der Waals surface area contributed by atoms with E-state index in [1.165, 1.54) is 0 Å². The molecule has 0 bridgehead atoms. The Morgan fingerprint density at radius 2 is 1.60 bits per heavy atom. The number of hydrogen-bond acceptors (Lipinski definition) is 6. The lowest BCUT2D eigenvalue weighted by atomic mass is 10.4. The molecule has 1 aromatic heterocycles. The van der Waals surface area contributed by atoms with Crippen LogP contribution in [0.2, 0.25) is 5.28 Å². The Morgan fingerprint density at radius 3 is 2.30 bits per heavy atom. The molecule has 1 amide bonds. The molecule has 1 aromatic rings. The Kier molecular flexibility index (Phi) is 3.86. The van der Waals surface area contributed by atoms with E-state index in [4.69, 9.17) is 11.6 Å². The van der Waals surface area contributed by atoms with Gasteiger partial charge in [-0.15, -0.1) is 0 Å². The van der Waals surface area contributed by atoms with E-state index in [2.05, 4.69) is 25.2 Å². The molecule has 0 saturated carbocycles. The first-order valence-electron chi connectivity index (χ1n) is 6.90. The number of rotatable bonds is 2. The molecule has 2 saturated heterocycles. The van der Waals surface area contributed by atoms with E-state index in [0.717, 1.165) is 25.9 Å². The summed E-state index contributed by atoms with van der Waals surface area (Å²) >= 11 is 6.02. The monoisotopic (exact) mass is 296 g/mol. The van der Waals surface area contributed by atoms with Crippen molar-refractivity contribution in [2.24, 2.45) is 0 Å². The van der Waals surface area contributed by atoms with Gasteiger partial charge in [-0.3, -0.25) is 4.79 Å². The first kappa shape index (κ1) is 13.4. The Morgan fingerprint density at radius 1 is 0.950 bits per heavy atom. The summed E-state index contributed by atoms with van der Waals surface area (Å²) in [5.74, 6) is 1.26. The quantitative estimate of drug-likeness (QED) is 0.854. The van der Waals surface area contributed by atoms with Crippen LogP contribution >= 0.6 is 11.6 Å². The first-order chi connectivity index (χ1) is 9.72. The van der Waals surface area contributed by atoms with Crippen LogP contribution in [0.25, 0.3) is 0 Å². The predicted molar refractivity (Wildman–Crippen MR) is 76.1 cm³/mol. The van der Waals surface area contributed by atoms with E-state index in [0.29, 0.717) is 38.0 Å². The summed E-state index contributed by atoms with van der Waals surface area (Å²) in [6.45, 7) is 3.80. The third kappa shape index (κ3) is 2.92. The van der Waals surface area contributed by atoms with Crippen LogP contribution in [0, 0.1) is 0 Å². The summed E-state index contributed by atoms with van der Waals surface area (Å²) in [5.41, 5.74) is 0. The minimum absolute atomic E-state index is 0.0624. The van der Waals surface area contributed by atoms with Gasteiger partial charge >= 0.3 is 0 Å². The van der Waals surface area contributed by atoms with Crippen molar-refractivity contribution >= 4 is 29.4 Å². The fourth-order valence-corrected chi connectivity index (χ4v) is 2.65. The molecule has 20 heavy (non-hydrogen) atoms. The zero-order valence-corrected chi connectivity index (χ0v) is 11.9. The highest BCUT2D eigenvalue weighted by Crippen LogP contribution is 2.20. The van der Waals surface area contributed by atoms with Gasteiger partial charge in [-0.25, -0.2) is 0 Å². The van der Waals surface area contributed by atoms with Gasteiger partial charge in [0.25, 0.3) is 0 Å². The molecule has 3 rings (SSSR count). The molecule has 0 aliphatic carbocycles. The molecule has 0 unspecified atom stereocenters. The molecule has 3 heterocycles. The number of halogens is 1. The van der Waals surface area contributed by atoms with Crippen LogP contribution in [0.3, 0.4) is 0 Å². The molecule has 0 radical (unpaired) electrons. The van der Waals surface area contributed by atoms with Crippen LogP contribution in [0.5, 0.6) is 0 Å². The summed E-state index contributed by atoms with van der Waals surface area (Å²) in [6, 6.07) is 0. The Balaban J connectivity index is 1.83. The average Bonchev–Trinajstić information content (AvgIpc) is 2.88. The maximum atomic E-state index is 11.4. The number of amides is 1. The van der Waals surface area contributed by atoms with Gasteiger partial charge < -0.3 is 15.1 Å². The maximum Gasteiger partial charge on any atom is 0.231 e. The van der Waals surface area contributed by atoms with Gasteiger partial charge in [0.2, 0.25) is 23.1 Å². The highest BCUT2D eigenvalue weighted by atomic mass is 35.5. The largest absolute Gasteiger partial charge is 0.354 e. The van der Waals surface area contributed by atoms with Crippen molar-refractivity contribution in [1.82, 2.24) is 20.3 Å². The van der Waals surface area contributed by atoms with Gasteiger partial charge in [-0.1, -0.05) is 0 Å². The van der Waals surface area contributed by atoms with Crippen LogP contribution in [-0.2, 0) is 4.79 Å². The van der Waals surface area contributed by atoms with Gasteiger partial charge in [0, 0.05) is 39.1 Å². The summed E-state index contributed by atoms with van der Waals surface area (Å²) < 4.78 is 0. The molecule has 8 heteroatoms. The third-order valence-corrected chi connectivity index (χ3v) is 3.74. The van der Waals surface area contributed by atoms with E-state index in [1.807, 2.05) is 4.90 Å². The van der Waals surface area contributed by atoms with Crippen LogP contribution in [0.4, 0.5) is 11.9 Å². The molecule has 2 aliphatic heterocycles. The lowest BCUT2D eigenvalue weighted by Gasteiger charge is -2.21. The van der Waals surface area contributed by atoms with Crippen molar-refractivity contribution in [2.75, 3.05) is 42.5 Å². The highest BCUT2D eigenvalue weighted by Gasteiger charge is 2.21. The number of nitrogens with one attached hydrogen (secondary N) is 1. The van der Waals surface area contributed by atoms with Crippen molar-refractivity contribution in [2.45, 2.75) is 19.3 Å². The molecular weight excluding hydrogens is 280 g/mol. The van der Waals surface area contributed by atoms with E-state index < -0.39 is 0 Å². The van der Waals surface area contributed by atoms with E-state index in [-0.39, 0.29) is 11.2 Å².